The van der Waals surface area contributed by atoms with Gasteiger partial charge < -0.3 is 4.18 Å². The van der Waals surface area contributed by atoms with Crippen LogP contribution in [-0.4, -0.2) is 59.8 Å². The third-order valence-electron chi connectivity index (χ3n) is 6.34. The summed E-state index contributed by atoms with van der Waals surface area (Å²) >= 11 is 0. The number of hydrogen-bond acceptors (Lipinski definition) is 3. The lowest BCUT2D eigenvalue weighted by atomic mass is 10.1. The van der Waals surface area contributed by atoms with E-state index in [1.54, 1.807) is 0 Å². The van der Waals surface area contributed by atoms with Crippen molar-refractivity contribution in [2.24, 2.45) is 5.92 Å². The molecular formula is C26H40N2OS. The van der Waals surface area contributed by atoms with Crippen LogP contribution < -0.4 is 0 Å². The Balaban J connectivity index is 1.69. The normalized spacial score (nSPS) is 18.3. The summed E-state index contributed by atoms with van der Waals surface area (Å²) in [6, 6.07) is 21.7. The quantitative estimate of drug-likeness (QED) is 0.586. The highest BCUT2D eigenvalue weighted by Crippen LogP contribution is 2.53. The van der Waals surface area contributed by atoms with Gasteiger partial charge in [-0.15, -0.1) is 10.3 Å². The topological polar surface area (TPSA) is 15.7 Å². The second-order valence-corrected chi connectivity index (χ2v) is 13.9. The van der Waals surface area contributed by atoms with Crippen molar-refractivity contribution >= 4 is 10.3 Å². The minimum atomic E-state index is -1.10. The molecule has 30 heavy (non-hydrogen) atoms. The molecule has 0 N–H and O–H groups in total. The lowest BCUT2D eigenvalue weighted by Crippen LogP contribution is -2.34. The van der Waals surface area contributed by atoms with Gasteiger partial charge in [0.25, 0.3) is 0 Å². The van der Waals surface area contributed by atoms with Crippen LogP contribution in [0.5, 0.6) is 0 Å². The van der Waals surface area contributed by atoms with E-state index in [1.807, 2.05) is 0 Å². The van der Waals surface area contributed by atoms with E-state index >= 15 is 0 Å². The average molecular weight is 429 g/mol. The summed E-state index contributed by atoms with van der Waals surface area (Å²) in [4.78, 5) is 5.24. The van der Waals surface area contributed by atoms with Crippen molar-refractivity contribution in [3.05, 3.63) is 71.8 Å². The van der Waals surface area contributed by atoms with Gasteiger partial charge in [0.1, 0.15) is 0 Å². The highest BCUT2D eigenvalue weighted by Gasteiger charge is 2.31. The van der Waals surface area contributed by atoms with Crippen molar-refractivity contribution in [3.8, 4) is 0 Å². The fourth-order valence-electron chi connectivity index (χ4n) is 3.77. The first kappa shape index (κ1) is 23.3. The minimum Gasteiger partial charge on any atom is -0.336 e. The number of nitrogens with zero attached hydrogens (tertiary/aromatic N) is 2. The number of benzene rings is 2. The molecule has 1 aliphatic heterocycles. The Labute approximate surface area is 185 Å². The van der Waals surface area contributed by atoms with E-state index in [0.717, 1.165) is 45.9 Å². The van der Waals surface area contributed by atoms with E-state index < -0.39 is 10.3 Å². The summed E-state index contributed by atoms with van der Waals surface area (Å²) in [5.41, 5.74) is 2.80. The maximum Gasteiger partial charge on any atom is 0.0645 e. The van der Waals surface area contributed by atoms with Crippen molar-refractivity contribution in [2.75, 3.05) is 45.3 Å². The van der Waals surface area contributed by atoms with Crippen LogP contribution in [0.1, 0.15) is 31.9 Å². The molecule has 0 amide bonds. The molecule has 3 nitrogen and oxygen atoms in total. The predicted molar refractivity (Wildman–Crippen MR) is 132 cm³/mol. The van der Waals surface area contributed by atoms with E-state index in [9.17, 15) is 0 Å². The molecule has 4 heteroatoms. The third kappa shape index (κ3) is 6.84. The van der Waals surface area contributed by atoms with Gasteiger partial charge in [-0.05, 0) is 23.6 Å². The zero-order valence-corrected chi connectivity index (χ0v) is 20.3. The standard InChI is InChI=1S/C26H40N2OS/c1-26(2,3)30(4,5)29-22-25-20-27(18-23-12-8-6-9-13-23)16-17-28(21-25)19-24-14-10-7-11-15-24/h6-15,25H,16-22H2,1-5H3. The van der Waals surface area contributed by atoms with Gasteiger partial charge in [0.15, 0.2) is 0 Å². The fraction of sp³-hybridized carbons (Fsp3) is 0.538. The molecule has 3 rings (SSSR count). The van der Waals surface area contributed by atoms with E-state index in [2.05, 4.69) is 104 Å². The lowest BCUT2D eigenvalue weighted by Gasteiger charge is -2.44. The molecule has 0 unspecified atom stereocenters. The zero-order valence-electron chi connectivity index (χ0n) is 19.5. The van der Waals surface area contributed by atoms with Crippen LogP contribution >= 0.6 is 10.3 Å². The van der Waals surface area contributed by atoms with Crippen molar-refractivity contribution in [2.45, 2.75) is 38.6 Å². The Bertz CT molecular complexity index is 706. The Kier molecular flexibility index (Phi) is 8.03. The largest absolute Gasteiger partial charge is 0.336 e. The first-order chi connectivity index (χ1) is 14.2. The summed E-state index contributed by atoms with van der Waals surface area (Å²) in [7, 11) is -1.10. The molecule has 2 aromatic rings. The molecule has 0 saturated carbocycles. The zero-order chi connectivity index (χ0) is 21.6. The number of rotatable bonds is 7. The molecule has 1 aliphatic rings. The summed E-state index contributed by atoms with van der Waals surface area (Å²) in [6.45, 7) is 14.2. The highest BCUT2D eigenvalue weighted by molar-refractivity contribution is 8.29. The van der Waals surface area contributed by atoms with Gasteiger partial charge in [0, 0.05) is 49.9 Å². The maximum atomic E-state index is 6.62. The molecule has 0 aliphatic carbocycles. The highest BCUT2D eigenvalue weighted by atomic mass is 32.3. The summed E-state index contributed by atoms with van der Waals surface area (Å²) in [5.74, 6) is 0.522. The summed E-state index contributed by atoms with van der Waals surface area (Å²) in [5, 5.41) is 0. The van der Waals surface area contributed by atoms with Gasteiger partial charge in [0.2, 0.25) is 0 Å². The van der Waals surface area contributed by atoms with Crippen LogP contribution in [0.3, 0.4) is 0 Å². The molecule has 0 aromatic heterocycles. The Morgan fingerprint density at radius 3 is 1.63 bits per heavy atom. The summed E-state index contributed by atoms with van der Waals surface area (Å²) in [6.07, 6.45) is 4.63. The van der Waals surface area contributed by atoms with Crippen molar-refractivity contribution in [1.82, 2.24) is 9.80 Å². The number of hydrogen-bond donors (Lipinski definition) is 0. The second kappa shape index (κ2) is 10.3. The van der Waals surface area contributed by atoms with Gasteiger partial charge in [-0.2, -0.15) is 0 Å². The maximum absolute atomic E-state index is 6.62. The molecule has 0 spiro atoms. The van der Waals surface area contributed by atoms with Crippen LogP contribution in [0, 0.1) is 5.92 Å². The van der Waals surface area contributed by atoms with Crippen molar-refractivity contribution < 1.29 is 4.18 Å². The molecule has 0 bridgehead atoms. The molecule has 1 heterocycles. The van der Waals surface area contributed by atoms with Crippen LogP contribution in [0.25, 0.3) is 0 Å². The van der Waals surface area contributed by atoms with Crippen molar-refractivity contribution in [3.63, 3.8) is 0 Å². The van der Waals surface area contributed by atoms with E-state index in [4.69, 9.17) is 4.18 Å². The van der Waals surface area contributed by atoms with E-state index in [0.29, 0.717) is 5.92 Å². The Morgan fingerprint density at radius 2 is 1.23 bits per heavy atom. The molecule has 0 radical (unpaired) electrons. The third-order valence-corrected chi connectivity index (χ3v) is 10.0. The minimum absolute atomic E-state index is 0.200. The second-order valence-electron chi connectivity index (χ2n) is 9.94. The van der Waals surface area contributed by atoms with E-state index in [-0.39, 0.29) is 4.75 Å². The molecule has 2 aromatic carbocycles. The fourth-order valence-corrected chi connectivity index (χ4v) is 4.66. The molecule has 1 saturated heterocycles. The van der Waals surface area contributed by atoms with Gasteiger partial charge in [-0.1, -0.05) is 81.4 Å². The van der Waals surface area contributed by atoms with Gasteiger partial charge >= 0.3 is 0 Å². The van der Waals surface area contributed by atoms with Crippen LogP contribution in [-0.2, 0) is 17.3 Å². The van der Waals surface area contributed by atoms with Crippen LogP contribution in [0.2, 0.25) is 0 Å². The van der Waals surface area contributed by atoms with Crippen molar-refractivity contribution in [1.29, 1.82) is 0 Å². The summed E-state index contributed by atoms with van der Waals surface area (Å²) < 4.78 is 6.82. The van der Waals surface area contributed by atoms with Gasteiger partial charge in [-0.3, -0.25) is 9.80 Å². The average Bonchev–Trinajstić information content (AvgIpc) is 2.89. The lowest BCUT2D eigenvalue weighted by molar-refractivity contribution is 0.184. The molecular weight excluding hydrogens is 388 g/mol. The first-order valence-electron chi connectivity index (χ1n) is 11.1. The van der Waals surface area contributed by atoms with Gasteiger partial charge in [-0.25, -0.2) is 0 Å². The molecule has 0 atom stereocenters. The Hall–Kier alpha value is -1.33. The monoisotopic (exact) mass is 428 g/mol. The smallest absolute Gasteiger partial charge is 0.0645 e. The Morgan fingerprint density at radius 1 is 0.800 bits per heavy atom. The van der Waals surface area contributed by atoms with E-state index in [1.165, 1.54) is 11.1 Å². The predicted octanol–water partition coefficient (Wildman–Crippen LogP) is 5.41. The first-order valence-corrected chi connectivity index (χ1v) is 13.5. The SMILES string of the molecule is CC(C)(C)S(C)(C)OCC1CN(Cc2ccccc2)CCN(Cc2ccccc2)C1. The van der Waals surface area contributed by atoms with Crippen LogP contribution in [0.15, 0.2) is 60.7 Å². The molecule has 1 fully saturated rings. The molecule has 166 valence electrons. The van der Waals surface area contributed by atoms with Gasteiger partial charge in [0.05, 0.1) is 6.61 Å². The van der Waals surface area contributed by atoms with Crippen LogP contribution in [0.4, 0.5) is 0 Å².